The van der Waals surface area contributed by atoms with Crippen molar-refractivity contribution in [3.63, 3.8) is 0 Å². The second kappa shape index (κ2) is 26.2. The first-order valence-corrected chi connectivity index (χ1v) is 21.0. The lowest BCUT2D eigenvalue weighted by atomic mass is 10.00. The van der Waals surface area contributed by atoms with Crippen molar-refractivity contribution in [3.05, 3.63) is 46.4 Å². The van der Waals surface area contributed by atoms with E-state index >= 15 is 0 Å². The molecule has 0 atom stereocenters. The van der Waals surface area contributed by atoms with Crippen LogP contribution in [-0.4, -0.2) is 13.2 Å². The number of hydrogen-bond donors (Lipinski definition) is 0. The number of hydrogen-bond acceptors (Lipinski definition) is 2. The Kier molecular flexibility index (Phi) is 22.3. The molecule has 48 heavy (non-hydrogen) atoms. The topological polar surface area (TPSA) is 18.5 Å². The maximum Gasteiger partial charge on any atom is 0.136 e. The van der Waals surface area contributed by atoms with Crippen molar-refractivity contribution >= 4 is 44.7 Å². The number of rotatable bonds is 30. The SMILES string of the molecule is CCCCCCCCCCCCCCCOc1c2cccc(Cl)c2c(OCCCCCCCCCCCCCCC)c2cccc(Cl)c12. The summed E-state index contributed by atoms with van der Waals surface area (Å²) in [7, 11) is 0. The number of unbranched alkanes of at least 4 members (excludes halogenated alkanes) is 24. The third kappa shape index (κ3) is 15.1. The predicted molar refractivity (Wildman–Crippen MR) is 214 cm³/mol. The Morgan fingerprint density at radius 1 is 0.375 bits per heavy atom. The highest BCUT2D eigenvalue weighted by atomic mass is 35.5. The minimum atomic E-state index is 0.679. The number of ether oxygens (including phenoxy) is 2. The van der Waals surface area contributed by atoms with Crippen molar-refractivity contribution in [2.45, 2.75) is 181 Å². The molecule has 3 rings (SSSR count). The van der Waals surface area contributed by atoms with E-state index < -0.39 is 0 Å². The quantitative estimate of drug-likeness (QED) is 0.0509. The molecule has 0 aliphatic rings. The zero-order chi connectivity index (χ0) is 34.1. The molecule has 0 aromatic heterocycles. The van der Waals surface area contributed by atoms with Gasteiger partial charge in [-0.05, 0) is 25.0 Å². The lowest BCUT2D eigenvalue weighted by molar-refractivity contribution is 0.306. The lowest BCUT2D eigenvalue weighted by Gasteiger charge is -2.19. The maximum absolute atomic E-state index is 6.86. The van der Waals surface area contributed by atoms with Gasteiger partial charge in [0.05, 0.1) is 23.3 Å². The molecule has 0 spiro atoms. The van der Waals surface area contributed by atoms with Gasteiger partial charge in [0.15, 0.2) is 0 Å². The monoisotopic (exact) mass is 698 g/mol. The normalized spacial score (nSPS) is 11.6. The highest BCUT2D eigenvalue weighted by Gasteiger charge is 2.20. The lowest BCUT2D eigenvalue weighted by Crippen LogP contribution is -2.03. The minimum absolute atomic E-state index is 0.679. The highest BCUT2D eigenvalue weighted by molar-refractivity contribution is 6.40. The van der Waals surface area contributed by atoms with Crippen LogP contribution in [-0.2, 0) is 0 Å². The Bertz CT molecular complexity index is 1160. The molecule has 4 heteroatoms. The summed E-state index contributed by atoms with van der Waals surface area (Å²) < 4.78 is 13.1. The summed E-state index contributed by atoms with van der Waals surface area (Å²) in [6.45, 7) is 5.93. The fourth-order valence-corrected chi connectivity index (χ4v) is 7.57. The molecule has 0 radical (unpaired) electrons. The van der Waals surface area contributed by atoms with Crippen molar-refractivity contribution < 1.29 is 9.47 Å². The Labute approximate surface area is 305 Å². The van der Waals surface area contributed by atoms with E-state index in [9.17, 15) is 0 Å². The smallest absolute Gasteiger partial charge is 0.136 e. The van der Waals surface area contributed by atoms with Crippen LogP contribution in [0.2, 0.25) is 10.0 Å². The molecule has 0 fully saturated rings. The summed E-state index contributed by atoms with van der Waals surface area (Å²) in [5.74, 6) is 1.67. The van der Waals surface area contributed by atoms with Crippen LogP contribution in [0.25, 0.3) is 21.5 Å². The molecule has 0 aliphatic heterocycles. The summed E-state index contributed by atoms with van der Waals surface area (Å²) in [5, 5.41) is 5.23. The van der Waals surface area contributed by atoms with Gasteiger partial charge in [-0.3, -0.25) is 0 Å². The molecule has 0 bridgehead atoms. The number of halogens is 2. The fraction of sp³-hybridized carbons (Fsp3) is 0.682. The van der Waals surface area contributed by atoms with Crippen molar-refractivity contribution in [1.29, 1.82) is 0 Å². The largest absolute Gasteiger partial charge is 0.492 e. The van der Waals surface area contributed by atoms with Gasteiger partial charge in [0.2, 0.25) is 0 Å². The Morgan fingerprint density at radius 2 is 0.646 bits per heavy atom. The third-order valence-electron chi connectivity index (χ3n) is 9.96. The number of fused-ring (bicyclic) bond motifs is 2. The molecule has 0 N–H and O–H groups in total. The van der Waals surface area contributed by atoms with Crippen LogP contribution in [0.5, 0.6) is 11.5 Å². The van der Waals surface area contributed by atoms with Crippen LogP contribution in [0.1, 0.15) is 181 Å². The second-order valence-electron chi connectivity index (χ2n) is 14.2. The van der Waals surface area contributed by atoms with Gasteiger partial charge in [-0.25, -0.2) is 0 Å². The predicted octanol–water partition coefficient (Wildman–Crippen LogP) is 16.2. The van der Waals surface area contributed by atoms with Gasteiger partial charge in [0, 0.05) is 21.5 Å². The molecule has 2 nitrogen and oxygen atoms in total. The van der Waals surface area contributed by atoms with Crippen LogP contribution >= 0.6 is 23.2 Å². The van der Waals surface area contributed by atoms with Gasteiger partial charge >= 0.3 is 0 Å². The first-order chi connectivity index (χ1) is 23.7. The van der Waals surface area contributed by atoms with Crippen molar-refractivity contribution in [1.82, 2.24) is 0 Å². The summed E-state index contributed by atoms with van der Waals surface area (Å²) in [5.41, 5.74) is 0. The van der Waals surface area contributed by atoms with Gasteiger partial charge in [0.1, 0.15) is 11.5 Å². The molecule has 0 unspecified atom stereocenters. The van der Waals surface area contributed by atoms with Crippen LogP contribution in [0.3, 0.4) is 0 Å². The molecule has 0 amide bonds. The van der Waals surface area contributed by atoms with E-state index in [1.165, 1.54) is 154 Å². The van der Waals surface area contributed by atoms with E-state index in [0.717, 1.165) is 45.9 Å². The van der Waals surface area contributed by atoms with Gasteiger partial charge in [-0.15, -0.1) is 0 Å². The fourth-order valence-electron chi connectivity index (χ4n) is 7.05. The van der Waals surface area contributed by atoms with E-state index in [-0.39, 0.29) is 0 Å². The maximum atomic E-state index is 6.86. The van der Waals surface area contributed by atoms with E-state index in [0.29, 0.717) is 23.3 Å². The molecule has 3 aromatic carbocycles. The van der Waals surface area contributed by atoms with E-state index in [1.54, 1.807) is 0 Å². The summed E-state index contributed by atoms with van der Waals surface area (Å²) >= 11 is 13.7. The van der Waals surface area contributed by atoms with Crippen LogP contribution in [0.4, 0.5) is 0 Å². The van der Waals surface area contributed by atoms with Crippen molar-refractivity contribution in [2.75, 3.05) is 13.2 Å². The van der Waals surface area contributed by atoms with E-state index in [1.807, 2.05) is 24.3 Å². The summed E-state index contributed by atoms with van der Waals surface area (Å²) in [4.78, 5) is 0. The Morgan fingerprint density at radius 3 is 0.938 bits per heavy atom. The molecule has 0 saturated carbocycles. The van der Waals surface area contributed by atoms with Crippen LogP contribution in [0, 0.1) is 0 Å². The zero-order valence-corrected chi connectivity index (χ0v) is 32.3. The molecule has 0 saturated heterocycles. The molecular weight excluding hydrogens is 631 g/mol. The zero-order valence-electron chi connectivity index (χ0n) is 30.8. The average Bonchev–Trinajstić information content (AvgIpc) is 3.09. The first kappa shape index (κ1) is 40.8. The minimum Gasteiger partial charge on any atom is -0.492 e. The molecule has 0 aliphatic carbocycles. The third-order valence-corrected chi connectivity index (χ3v) is 10.6. The standard InChI is InChI=1S/C44H68Cl2O2/c1-3-5-7-9-11-13-15-17-19-21-23-25-27-35-47-43-37-31-29-34-40(46)42(37)44(38-32-30-33-39(45)41(38)43)48-36-28-26-24-22-20-18-16-14-12-10-8-6-4-2/h29-34H,3-28,35-36H2,1-2H3. The molecular formula is C44H68Cl2O2. The first-order valence-electron chi connectivity index (χ1n) is 20.3. The van der Waals surface area contributed by atoms with Gasteiger partial charge in [0.25, 0.3) is 0 Å². The number of benzene rings is 3. The van der Waals surface area contributed by atoms with Crippen LogP contribution < -0.4 is 9.47 Å². The molecule has 270 valence electrons. The van der Waals surface area contributed by atoms with E-state index in [4.69, 9.17) is 32.7 Å². The molecule has 0 heterocycles. The van der Waals surface area contributed by atoms with Crippen molar-refractivity contribution in [3.8, 4) is 11.5 Å². The highest BCUT2D eigenvalue weighted by Crippen LogP contribution is 2.47. The molecule has 3 aromatic rings. The second-order valence-corrected chi connectivity index (χ2v) is 15.0. The summed E-state index contributed by atoms with van der Waals surface area (Å²) in [6.07, 6.45) is 34.8. The average molecular weight is 700 g/mol. The Balaban J connectivity index is 1.44. The van der Waals surface area contributed by atoms with Crippen molar-refractivity contribution in [2.24, 2.45) is 0 Å². The summed E-state index contributed by atoms with van der Waals surface area (Å²) in [6, 6.07) is 12.1. The van der Waals surface area contributed by atoms with Gasteiger partial charge < -0.3 is 9.47 Å². The van der Waals surface area contributed by atoms with Gasteiger partial charge in [-0.1, -0.05) is 215 Å². The Hall–Kier alpha value is -1.64. The van der Waals surface area contributed by atoms with Gasteiger partial charge in [-0.2, -0.15) is 0 Å². The van der Waals surface area contributed by atoms with Crippen LogP contribution in [0.15, 0.2) is 36.4 Å². The van der Waals surface area contributed by atoms with E-state index in [2.05, 4.69) is 26.0 Å².